The second-order valence-corrected chi connectivity index (χ2v) is 9.97. The number of nitrogens with one attached hydrogen (secondary N) is 4. The number of amides is 3. The highest BCUT2D eigenvalue weighted by atomic mass is 32.2. The van der Waals surface area contributed by atoms with E-state index in [0.717, 1.165) is 16.9 Å². The van der Waals surface area contributed by atoms with Gasteiger partial charge in [-0.05, 0) is 31.6 Å². The molecule has 30 heavy (non-hydrogen) atoms. The van der Waals surface area contributed by atoms with Crippen LogP contribution in [0.2, 0.25) is 0 Å². The number of hydrogen-bond acceptors (Lipinski definition) is 8. The number of benzene rings is 1. The Kier molecular flexibility index (Phi) is 8.81. The number of H-pyrrole nitrogens is 1. The van der Waals surface area contributed by atoms with Gasteiger partial charge in [-0.3, -0.25) is 20.0 Å². The molecule has 9 nitrogen and oxygen atoms in total. The van der Waals surface area contributed by atoms with E-state index in [-0.39, 0.29) is 23.5 Å². The lowest BCUT2D eigenvalue weighted by molar-refractivity contribution is -0.119. The van der Waals surface area contributed by atoms with Crippen LogP contribution in [0.5, 0.6) is 0 Å². The van der Waals surface area contributed by atoms with E-state index < -0.39 is 22.8 Å². The van der Waals surface area contributed by atoms with Crippen LogP contribution in [0.25, 0.3) is 0 Å². The third-order valence-corrected chi connectivity index (χ3v) is 6.14. The molecule has 0 bridgehead atoms. The van der Waals surface area contributed by atoms with E-state index in [0.29, 0.717) is 3.95 Å². The highest BCUT2D eigenvalue weighted by Gasteiger charge is 2.38. The molecule has 0 spiro atoms. The summed E-state index contributed by atoms with van der Waals surface area (Å²) in [5.74, 6) is -0.399. The van der Waals surface area contributed by atoms with Gasteiger partial charge in [-0.2, -0.15) is 0 Å². The molecule has 1 aromatic carbocycles. The van der Waals surface area contributed by atoms with Gasteiger partial charge in [-0.25, -0.2) is 4.79 Å². The second kappa shape index (κ2) is 11.1. The number of aromatic amines is 1. The van der Waals surface area contributed by atoms with E-state index in [1.54, 1.807) is 13.8 Å². The van der Waals surface area contributed by atoms with E-state index >= 15 is 0 Å². The maximum atomic E-state index is 12.9. The van der Waals surface area contributed by atoms with Gasteiger partial charge < -0.3 is 15.4 Å². The highest BCUT2D eigenvalue weighted by Crippen LogP contribution is 2.29. The molecule has 2 aromatic rings. The van der Waals surface area contributed by atoms with Gasteiger partial charge in [0.05, 0.1) is 5.88 Å². The average molecular weight is 470 g/mol. The molecule has 12 heteroatoms. The SMILES string of the molecule is CC(=O)NCSC(C)(C)C(NC(=O)OCc1ccccc1)C(=O)Nc1n[nH]c(=S)s1. The van der Waals surface area contributed by atoms with Crippen LogP contribution in [0.4, 0.5) is 9.93 Å². The molecule has 0 saturated heterocycles. The van der Waals surface area contributed by atoms with Crippen molar-refractivity contribution in [2.75, 3.05) is 11.2 Å². The molecule has 162 valence electrons. The minimum atomic E-state index is -0.975. The van der Waals surface area contributed by atoms with Crippen molar-refractivity contribution >= 4 is 58.4 Å². The summed E-state index contributed by atoms with van der Waals surface area (Å²) in [6, 6.07) is 8.23. The van der Waals surface area contributed by atoms with E-state index in [9.17, 15) is 14.4 Å². The van der Waals surface area contributed by atoms with Crippen LogP contribution < -0.4 is 16.0 Å². The van der Waals surface area contributed by atoms with Crippen molar-refractivity contribution in [3.63, 3.8) is 0 Å². The smallest absolute Gasteiger partial charge is 0.408 e. The Morgan fingerprint density at radius 2 is 2.00 bits per heavy atom. The third kappa shape index (κ3) is 7.76. The largest absolute Gasteiger partial charge is 0.445 e. The summed E-state index contributed by atoms with van der Waals surface area (Å²) in [5, 5.41) is 14.7. The normalized spacial score (nSPS) is 12.0. The third-order valence-electron chi connectivity index (χ3n) is 3.87. The summed E-state index contributed by atoms with van der Waals surface area (Å²) in [7, 11) is 0. The lowest BCUT2D eigenvalue weighted by atomic mass is 10.0. The molecule has 3 amide bonds. The topological polar surface area (TPSA) is 125 Å². The number of ether oxygens (including phenoxy) is 1. The van der Waals surface area contributed by atoms with Crippen LogP contribution in [0, 0.1) is 3.95 Å². The van der Waals surface area contributed by atoms with Crippen molar-refractivity contribution in [3.05, 3.63) is 39.8 Å². The first-order valence-electron chi connectivity index (χ1n) is 8.89. The molecule has 4 N–H and O–H groups in total. The predicted octanol–water partition coefficient (Wildman–Crippen LogP) is 3.04. The number of nitrogens with zero attached hydrogens (tertiary/aromatic N) is 1. The average Bonchev–Trinajstić information content (AvgIpc) is 3.09. The fourth-order valence-electron chi connectivity index (χ4n) is 2.31. The predicted molar refractivity (Wildman–Crippen MR) is 120 cm³/mol. The Balaban J connectivity index is 2.08. The first kappa shape index (κ1) is 23.8. The summed E-state index contributed by atoms with van der Waals surface area (Å²) in [6.07, 6.45) is -0.734. The van der Waals surface area contributed by atoms with Crippen molar-refractivity contribution in [2.45, 2.75) is 38.2 Å². The molecule has 2 rings (SSSR count). The van der Waals surface area contributed by atoms with Crippen molar-refractivity contribution < 1.29 is 19.1 Å². The molecule has 1 aromatic heterocycles. The summed E-state index contributed by atoms with van der Waals surface area (Å²) in [6.45, 7) is 5.05. The lowest BCUT2D eigenvalue weighted by Gasteiger charge is -2.32. The van der Waals surface area contributed by atoms with Gasteiger partial charge in [0.1, 0.15) is 12.6 Å². The van der Waals surface area contributed by atoms with Crippen LogP contribution in [0.3, 0.4) is 0 Å². The van der Waals surface area contributed by atoms with Crippen molar-refractivity contribution in [1.29, 1.82) is 0 Å². The number of anilines is 1. The maximum Gasteiger partial charge on any atom is 0.408 e. The Morgan fingerprint density at radius 3 is 2.60 bits per heavy atom. The highest BCUT2D eigenvalue weighted by molar-refractivity contribution is 8.00. The molecule has 1 heterocycles. The monoisotopic (exact) mass is 469 g/mol. The molecule has 0 aliphatic rings. The van der Waals surface area contributed by atoms with Crippen LogP contribution in [-0.4, -0.2) is 44.8 Å². The molecular formula is C18H23N5O4S3. The van der Waals surface area contributed by atoms with Gasteiger partial charge in [-0.1, -0.05) is 41.7 Å². The Bertz CT molecular complexity index is 929. The van der Waals surface area contributed by atoms with Crippen molar-refractivity contribution in [1.82, 2.24) is 20.8 Å². The van der Waals surface area contributed by atoms with Crippen LogP contribution in [-0.2, 0) is 20.9 Å². The molecule has 0 radical (unpaired) electrons. The zero-order valence-electron chi connectivity index (χ0n) is 16.7. The molecule has 1 atom stereocenters. The van der Waals surface area contributed by atoms with Gasteiger partial charge in [-0.15, -0.1) is 16.9 Å². The zero-order chi connectivity index (χ0) is 22.1. The first-order valence-corrected chi connectivity index (χ1v) is 11.1. The second-order valence-electron chi connectivity index (χ2n) is 6.67. The minimum Gasteiger partial charge on any atom is -0.445 e. The quantitative estimate of drug-likeness (QED) is 0.329. The van der Waals surface area contributed by atoms with Crippen molar-refractivity contribution in [2.24, 2.45) is 0 Å². The molecule has 0 aliphatic heterocycles. The summed E-state index contributed by atoms with van der Waals surface area (Å²) < 4.78 is 4.89. The van der Waals surface area contributed by atoms with E-state index in [1.807, 2.05) is 30.3 Å². The van der Waals surface area contributed by atoms with Gasteiger partial charge >= 0.3 is 6.09 Å². The Hall–Kier alpha value is -2.44. The van der Waals surface area contributed by atoms with Gasteiger partial charge in [0, 0.05) is 11.7 Å². The van der Waals surface area contributed by atoms with E-state index in [1.165, 1.54) is 18.7 Å². The number of alkyl carbamates (subject to hydrolysis) is 1. The maximum absolute atomic E-state index is 12.9. The Labute approximate surface area is 187 Å². The number of aromatic nitrogens is 2. The van der Waals surface area contributed by atoms with Gasteiger partial charge in [0.25, 0.3) is 0 Å². The van der Waals surface area contributed by atoms with Gasteiger partial charge in [0.2, 0.25) is 16.9 Å². The zero-order valence-corrected chi connectivity index (χ0v) is 19.1. The van der Waals surface area contributed by atoms with Crippen LogP contribution in [0.15, 0.2) is 30.3 Å². The van der Waals surface area contributed by atoms with Gasteiger partial charge in [0.15, 0.2) is 3.95 Å². The fraction of sp³-hybridized carbons (Fsp3) is 0.389. The number of rotatable bonds is 9. The standard InChI is InChI=1S/C18H23N5O4S3/c1-11(24)19-10-29-18(2,3)13(14(25)21-15-22-23-17(28)30-15)20-16(26)27-9-12-7-5-4-6-8-12/h4-8,13H,9-10H2,1-3H3,(H,19,24)(H,20,26)(H,23,28)(H,21,22,25). The number of hydrogen-bond donors (Lipinski definition) is 4. The lowest BCUT2D eigenvalue weighted by Crippen LogP contribution is -2.55. The summed E-state index contributed by atoms with van der Waals surface area (Å²) in [5.41, 5.74) is 0.823. The van der Waals surface area contributed by atoms with Crippen LogP contribution in [0.1, 0.15) is 26.3 Å². The molecule has 0 aliphatic carbocycles. The molecule has 1 unspecified atom stereocenters. The number of thioether (sulfide) groups is 1. The van der Waals surface area contributed by atoms with Crippen LogP contribution >= 0.6 is 35.3 Å². The fourth-order valence-corrected chi connectivity index (χ4v) is 4.08. The number of carbonyl (C=O) groups excluding carboxylic acids is 3. The molecular weight excluding hydrogens is 446 g/mol. The van der Waals surface area contributed by atoms with Crippen molar-refractivity contribution in [3.8, 4) is 0 Å². The van der Waals surface area contributed by atoms with E-state index in [4.69, 9.17) is 17.0 Å². The Morgan fingerprint density at radius 1 is 1.30 bits per heavy atom. The minimum absolute atomic E-state index is 0.0707. The summed E-state index contributed by atoms with van der Waals surface area (Å²) in [4.78, 5) is 36.5. The number of carbonyl (C=O) groups is 3. The molecule has 0 saturated carbocycles. The molecule has 0 fully saturated rings. The first-order chi connectivity index (χ1) is 14.2. The summed E-state index contributed by atoms with van der Waals surface area (Å²) >= 11 is 7.38. The van der Waals surface area contributed by atoms with E-state index in [2.05, 4.69) is 26.1 Å².